The lowest BCUT2D eigenvalue weighted by molar-refractivity contribution is 0.110. The predicted molar refractivity (Wildman–Crippen MR) is 91.0 cm³/mol. The van der Waals surface area contributed by atoms with Crippen LogP contribution in [0.5, 0.6) is 5.75 Å². The van der Waals surface area contributed by atoms with Gasteiger partial charge in [0.2, 0.25) is 0 Å². The molecule has 0 amide bonds. The minimum atomic E-state index is -0.563. The van der Waals surface area contributed by atoms with Crippen LogP contribution in [0.25, 0.3) is 0 Å². The molecular formula is C14H22IN3O2. The summed E-state index contributed by atoms with van der Waals surface area (Å²) in [5.74, 6) is 1.55. The monoisotopic (exact) mass is 391 g/mol. The molecule has 1 unspecified atom stereocenters. The molecule has 2 rings (SSSR count). The van der Waals surface area contributed by atoms with Crippen LogP contribution in [0.2, 0.25) is 0 Å². The van der Waals surface area contributed by atoms with Gasteiger partial charge in [-0.3, -0.25) is 4.99 Å². The highest BCUT2D eigenvalue weighted by atomic mass is 127. The summed E-state index contributed by atoms with van der Waals surface area (Å²) in [5.41, 5.74) is 1.14. The molecule has 1 aromatic rings. The molecule has 1 aliphatic heterocycles. The summed E-state index contributed by atoms with van der Waals surface area (Å²) in [6, 6.07) is 7.79. The van der Waals surface area contributed by atoms with Crippen LogP contribution in [0.4, 0.5) is 0 Å². The smallest absolute Gasteiger partial charge is 0.191 e. The van der Waals surface area contributed by atoms with E-state index in [0.29, 0.717) is 6.54 Å². The van der Waals surface area contributed by atoms with Crippen LogP contribution in [0, 0.1) is 6.92 Å². The van der Waals surface area contributed by atoms with Crippen molar-refractivity contribution in [1.82, 2.24) is 10.6 Å². The first kappa shape index (κ1) is 17.0. The lowest BCUT2D eigenvalue weighted by Crippen LogP contribution is -2.44. The van der Waals surface area contributed by atoms with Gasteiger partial charge in [0.1, 0.15) is 18.5 Å². The maximum absolute atomic E-state index is 9.84. The molecule has 0 radical (unpaired) electrons. The number of nitrogens with zero attached hydrogens (tertiary/aromatic N) is 1. The van der Waals surface area contributed by atoms with Crippen molar-refractivity contribution in [2.45, 2.75) is 19.4 Å². The van der Waals surface area contributed by atoms with E-state index in [9.17, 15) is 5.11 Å². The van der Waals surface area contributed by atoms with Gasteiger partial charge in [0.25, 0.3) is 0 Å². The highest BCUT2D eigenvalue weighted by Gasteiger charge is 2.08. The maximum Gasteiger partial charge on any atom is 0.191 e. The number of hydrogen-bond acceptors (Lipinski definition) is 5. The van der Waals surface area contributed by atoms with Gasteiger partial charge in [0, 0.05) is 19.6 Å². The molecule has 20 heavy (non-hydrogen) atoms. The van der Waals surface area contributed by atoms with E-state index in [2.05, 4.69) is 15.6 Å². The van der Waals surface area contributed by atoms with Crippen LogP contribution < -0.4 is 15.4 Å². The SMILES string of the molecule is Cc1cccc(OCC(O)CNC2=NCCCN2)c1.I. The van der Waals surface area contributed by atoms with Gasteiger partial charge in [-0.05, 0) is 31.0 Å². The number of aliphatic hydroxyl groups is 1. The van der Waals surface area contributed by atoms with Crippen molar-refractivity contribution in [2.75, 3.05) is 26.2 Å². The third-order valence-corrected chi connectivity index (χ3v) is 2.83. The Kier molecular flexibility index (Phi) is 7.68. The van der Waals surface area contributed by atoms with Crippen molar-refractivity contribution in [3.8, 4) is 5.75 Å². The minimum absolute atomic E-state index is 0. The van der Waals surface area contributed by atoms with Crippen molar-refractivity contribution in [1.29, 1.82) is 0 Å². The molecule has 3 N–H and O–H groups in total. The lowest BCUT2D eigenvalue weighted by Gasteiger charge is -2.18. The fourth-order valence-corrected chi connectivity index (χ4v) is 1.82. The zero-order chi connectivity index (χ0) is 13.5. The summed E-state index contributed by atoms with van der Waals surface area (Å²) in [5, 5.41) is 16.1. The average Bonchev–Trinajstić information content (AvgIpc) is 2.44. The number of aryl methyl sites for hydroxylation is 1. The standard InChI is InChI=1S/C14H21N3O2.HI/c1-11-4-2-5-13(8-11)19-10-12(18)9-17-14-15-6-3-7-16-14;/h2,4-5,8,12,18H,3,6-7,9-10H2,1H3,(H2,15,16,17);1H. The normalized spacial score (nSPS) is 15.4. The predicted octanol–water partition coefficient (Wildman–Crippen LogP) is 1.29. The number of aliphatic hydroxyl groups excluding tert-OH is 1. The molecule has 0 saturated heterocycles. The van der Waals surface area contributed by atoms with Gasteiger partial charge in [-0.2, -0.15) is 0 Å². The quantitative estimate of drug-likeness (QED) is 0.662. The van der Waals surface area contributed by atoms with E-state index in [1.54, 1.807) is 0 Å². The lowest BCUT2D eigenvalue weighted by atomic mass is 10.2. The molecule has 1 aromatic carbocycles. The van der Waals surface area contributed by atoms with E-state index in [1.807, 2.05) is 31.2 Å². The van der Waals surface area contributed by atoms with Crippen LogP contribution in [0.15, 0.2) is 29.3 Å². The molecule has 0 spiro atoms. The number of guanidine groups is 1. The number of halogens is 1. The number of benzene rings is 1. The molecule has 1 aliphatic rings. The second-order valence-electron chi connectivity index (χ2n) is 4.67. The van der Waals surface area contributed by atoms with E-state index >= 15 is 0 Å². The first-order chi connectivity index (χ1) is 9.24. The summed E-state index contributed by atoms with van der Waals surface area (Å²) >= 11 is 0. The Morgan fingerprint density at radius 1 is 1.50 bits per heavy atom. The fourth-order valence-electron chi connectivity index (χ4n) is 1.82. The first-order valence-electron chi connectivity index (χ1n) is 6.64. The second kappa shape index (κ2) is 9.02. The second-order valence-corrected chi connectivity index (χ2v) is 4.67. The molecule has 6 heteroatoms. The van der Waals surface area contributed by atoms with Crippen molar-refractivity contribution >= 4 is 29.9 Å². The Hall–Kier alpha value is -1.02. The Morgan fingerprint density at radius 2 is 2.35 bits per heavy atom. The zero-order valence-corrected chi connectivity index (χ0v) is 14.0. The van der Waals surface area contributed by atoms with Crippen LogP contribution >= 0.6 is 24.0 Å². The molecule has 0 bridgehead atoms. The fraction of sp³-hybridized carbons (Fsp3) is 0.500. The van der Waals surface area contributed by atoms with Gasteiger partial charge in [-0.1, -0.05) is 12.1 Å². The molecular weight excluding hydrogens is 369 g/mol. The summed E-state index contributed by atoms with van der Waals surface area (Å²) in [7, 11) is 0. The van der Waals surface area contributed by atoms with Crippen LogP contribution in [-0.4, -0.2) is 43.4 Å². The molecule has 0 aliphatic carbocycles. The summed E-state index contributed by atoms with van der Waals surface area (Å²) in [6.45, 7) is 4.48. The molecule has 0 fully saturated rings. The van der Waals surface area contributed by atoms with Crippen molar-refractivity contribution in [3.05, 3.63) is 29.8 Å². The zero-order valence-electron chi connectivity index (χ0n) is 11.6. The van der Waals surface area contributed by atoms with Gasteiger partial charge in [0.15, 0.2) is 5.96 Å². The molecule has 0 aromatic heterocycles. The highest BCUT2D eigenvalue weighted by Crippen LogP contribution is 2.12. The number of ether oxygens (including phenoxy) is 1. The van der Waals surface area contributed by atoms with Crippen LogP contribution in [0.3, 0.4) is 0 Å². The van der Waals surface area contributed by atoms with Crippen molar-refractivity contribution in [3.63, 3.8) is 0 Å². The highest BCUT2D eigenvalue weighted by molar-refractivity contribution is 14.0. The van der Waals surface area contributed by atoms with Gasteiger partial charge in [-0.15, -0.1) is 24.0 Å². The average molecular weight is 391 g/mol. The van der Waals surface area contributed by atoms with Crippen molar-refractivity contribution in [2.24, 2.45) is 4.99 Å². The minimum Gasteiger partial charge on any atom is -0.491 e. The molecule has 5 nitrogen and oxygen atoms in total. The van der Waals surface area contributed by atoms with E-state index in [4.69, 9.17) is 4.74 Å². The van der Waals surface area contributed by atoms with Gasteiger partial charge < -0.3 is 20.5 Å². The number of nitrogens with one attached hydrogen (secondary N) is 2. The Morgan fingerprint density at radius 3 is 3.05 bits per heavy atom. The molecule has 0 saturated carbocycles. The van der Waals surface area contributed by atoms with E-state index in [-0.39, 0.29) is 30.6 Å². The summed E-state index contributed by atoms with van der Waals surface area (Å²) in [4.78, 5) is 4.27. The van der Waals surface area contributed by atoms with Gasteiger partial charge in [0.05, 0.1) is 0 Å². The van der Waals surface area contributed by atoms with Crippen LogP contribution in [-0.2, 0) is 0 Å². The summed E-state index contributed by atoms with van der Waals surface area (Å²) < 4.78 is 5.54. The summed E-state index contributed by atoms with van der Waals surface area (Å²) in [6.07, 6.45) is 0.497. The molecule has 1 heterocycles. The topological polar surface area (TPSA) is 65.9 Å². The Bertz CT molecular complexity index is 440. The number of aliphatic imine (C=N–C) groups is 1. The van der Waals surface area contributed by atoms with Crippen LogP contribution in [0.1, 0.15) is 12.0 Å². The third kappa shape index (κ3) is 5.96. The number of hydrogen-bond donors (Lipinski definition) is 3. The van der Waals surface area contributed by atoms with Gasteiger partial charge in [-0.25, -0.2) is 0 Å². The largest absolute Gasteiger partial charge is 0.491 e. The maximum atomic E-state index is 9.84. The van der Waals surface area contributed by atoms with E-state index in [0.717, 1.165) is 36.8 Å². The molecule has 1 atom stereocenters. The third-order valence-electron chi connectivity index (χ3n) is 2.83. The Balaban J connectivity index is 0.00000200. The molecule has 112 valence electrons. The van der Waals surface area contributed by atoms with Gasteiger partial charge >= 0.3 is 0 Å². The van der Waals surface area contributed by atoms with E-state index < -0.39 is 6.10 Å². The number of rotatable bonds is 5. The van der Waals surface area contributed by atoms with E-state index in [1.165, 1.54) is 0 Å². The van der Waals surface area contributed by atoms with Crippen molar-refractivity contribution < 1.29 is 9.84 Å². The Labute approximate surface area is 136 Å². The first-order valence-corrected chi connectivity index (χ1v) is 6.64.